The molecule has 4 heteroatoms. The molecule has 1 aromatic rings. The van der Waals surface area contributed by atoms with Crippen LogP contribution in [0, 0.1) is 12.8 Å². The molecule has 1 aliphatic rings. The monoisotopic (exact) mass is 247 g/mol. The third-order valence-corrected chi connectivity index (χ3v) is 3.53. The highest BCUT2D eigenvalue weighted by Crippen LogP contribution is 2.24. The number of rotatable bonds is 2. The van der Waals surface area contributed by atoms with Gasteiger partial charge >= 0.3 is 0 Å². The van der Waals surface area contributed by atoms with Crippen LogP contribution in [-0.2, 0) is 0 Å². The summed E-state index contributed by atoms with van der Waals surface area (Å²) in [5.41, 5.74) is 14.0. The van der Waals surface area contributed by atoms with Crippen LogP contribution in [0.3, 0.4) is 0 Å². The molecule has 2 unspecified atom stereocenters. The van der Waals surface area contributed by atoms with E-state index in [1.165, 1.54) is 0 Å². The zero-order chi connectivity index (χ0) is 13.3. The van der Waals surface area contributed by atoms with E-state index in [1.54, 1.807) is 6.07 Å². The summed E-state index contributed by atoms with van der Waals surface area (Å²) in [5.74, 6) is 0.229. The molecule has 1 amide bonds. The Kier molecular flexibility index (Phi) is 3.57. The largest absolute Gasteiger partial charge is 0.370 e. The summed E-state index contributed by atoms with van der Waals surface area (Å²) < 4.78 is 0. The number of carbonyl (C=O) groups is 1. The summed E-state index contributed by atoms with van der Waals surface area (Å²) in [4.78, 5) is 13.5. The predicted molar refractivity (Wildman–Crippen MR) is 73.7 cm³/mol. The van der Waals surface area contributed by atoms with Crippen LogP contribution in [-0.4, -0.2) is 25.0 Å². The average Bonchev–Trinajstić information content (AvgIpc) is 2.26. The van der Waals surface area contributed by atoms with Crippen LogP contribution in [0.15, 0.2) is 18.2 Å². The number of benzene rings is 1. The smallest absolute Gasteiger partial charge is 0.248 e. The summed E-state index contributed by atoms with van der Waals surface area (Å²) in [6.45, 7) is 6.02. The van der Waals surface area contributed by atoms with E-state index >= 15 is 0 Å². The van der Waals surface area contributed by atoms with Crippen molar-refractivity contribution in [1.82, 2.24) is 0 Å². The van der Waals surface area contributed by atoms with E-state index in [1.807, 2.05) is 19.1 Å². The number of aryl methyl sites for hydroxylation is 1. The second-order valence-electron chi connectivity index (χ2n) is 5.37. The lowest BCUT2D eigenvalue weighted by Gasteiger charge is -2.36. The fourth-order valence-corrected chi connectivity index (χ4v) is 2.73. The van der Waals surface area contributed by atoms with Crippen molar-refractivity contribution in [2.45, 2.75) is 26.3 Å². The fourth-order valence-electron chi connectivity index (χ4n) is 2.73. The molecule has 1 aromatic carbocycles. The van der Waals surface area contributed by atoms with Gasteiger partial charge in [0.1, 0.15) is 0 Å². The van der Waals surface area contributed by atoms with Crippen LogP contribution in [0.25, 0.3) is 0 Å². The fraction of sp³-hybridized carbons (Fsp3) is 0.500. The van der Waals surface area contributed by atoms with Gasteiger partial charge in [-0.15, -0.1) is 0 Å². The predicted octanol–water partition coefficient (Wildman–Crippen LogP) is 1.27. The van der Waals surface area contributed by atoms with Gasteiger partial charge in [0, 0.05) is 30.4 Å². The minimum atomic E-state index is -0.372. The Hall–Kier alpha value is -1.55. The highest BCUT2D eigenvalue weighted by molar-refractivity contribution is 5.94. The van der Waals surface area contributed by atoms with Crippen LogP contribution in [0.2, 0.25) is 0 Å². The Morgan fingerprint density at radius 2 is 2.11 bits per heavy atom. The molecule has 4 N–H and O–H groups in total. The van der Waals surface area contributed by atoms with Crippen LogP contribution >= 0.6 is 0 Å². The van der Waals surface area contributed by atoms with Crippen molar-refractivity contribution >= 4 is 11.6 Å². The minimum Gasteiger partial charge on any atom is -0.370 e. The molecule has 4 nitrogen and oxygen atoms in total. The van der Waals surface area contributed by atoms with Gasteiger partial charge in [0.15, 0.2) is 0 Å². The summed E-state index contributed by atoms with van der Waals surface area (Å²) in [6, 6.07) is 6.01. The maximum Gasteiger partial charge on any atom is 0.248 e. The van der Waals surface area contributed by atoms with E-state index in [0.717, 1.165) is 30.8 Å². The summed E-state index contributed by atoms with van der Waals surface area (Å²) >= 11 is 0. The summed E-state index contributed by atoms with van der Waals surface area (Å²) in [5, 5.41) is 0. The van der Waals surface area contributed by atoms with Gasteiger partial charge in [0.25, 0.3) is 0 Å². The normalized spacial score (nSPS) is 24.1. The van der Waals surface area contributed by atoms with E-state index in [0.29, 0.717) is 11.5 Å². The summed E-state index contributed by atoms with van der Waals surface area (Å²) in [7, 11) is 0. The first-order valence-corrected chi connectivity index (χ1v) is 6.38. The Labute approximate surface area is 108 Å². The highest BCUT2D eigenvalue weighted by atomic mass is 16.1. The maximum absolute atomic E-state index is 11.2. The average molecular weight is 247 g/mol. The molecular weight excluding hydrogens is 226 g/mol. The number of amides is 1. The molecule has 0 aliphatic carbocycles. The first-order valence-electron chi connectivity index (χ1n) is 6.38. The van der Waals surface area contributed by atoms with E-state index in [-0.39, 0.29) is 11.9 Å². The standard InChI is InChI=1S/C14H21N3O/c1-9-5-11(15)8-17(7-9)12-3-4-13(14(16)18)10(2)6-12/h3-4,6,9,11H,5,7-8,15H2,1-2H3,(H2,16,18). The van der Waals surface area contributed by atoms with Gasteiger partial charge in [0.2, 0.25) is 5.91 Å². The maximum atomic E-state index is 11.2. The van der Waals surface area contributed by atoms with Crippen LogP contribution in [0.4, 0.5) is 5.69 Å². The Balaban J connectivity index is 2.23. The van der Waals surface area contributed by atoms with Crippen molar-refractivity contribution in [2.24, 2.45) is 17.4 Å². The molecule has 1 saturated heterocycles. The third-order valence-electron chi connectivity index (χ3n) is 3.53. The third kappa shape index (κ3) is 2.64. The SMILES string of the molecule is Cc1cc(N2CC(C)CC(N)C2)ccc1C(N)=O. The van der Waals surface area contributed by atoms with Gasteiger partial charge in [-0.05, 0) is 43.0 Å². The van der Waals surface area contributed by atoms with Crippen molar-refractivity contribution in [3.63, 3.8) is 0 Å². The molecule has 1 fully saturated rings. The van der Waals surface area contributed by atoms with E-state index in [2.05, 4.69) is 11.8 Å². The van der Waals surface area contributed by atoms with Crippen molar-refractivity contribution in [3.8, 4) is 0 Å². The number of nitrogens with two attached hydrogens (primary N) is 2. The molecule has 2 atom stereocenters. The topological polar surface area (TPSA) is 72.3 Å². The molecule has 0 bridgehead atoms. The van der Waals surface area contributed by atoms with Gasteiger partial charge in [-0.3, -0.25) is 4.79 Å². The molecule has 18 heavy (non-hydrogen) atoms. The van der Waals surface area contributed by atoms with Gasteiger partial charge in [0.05, 0.1) is 0 Å². The van der Waals surface area contributed by atoms with Crippen molar-refractivity contribution in [2.75, 3.05) is 18.0 Å². The van der Waals surface area contributed by atoms with E-state index < -0.39 is 0 Å². The molecule has 0 radical (unpaired) electrons. The van der Waals surface area contributed by atoms with Crippen molar-refractivity contribution in [3.05, 3.63) is 29.3 Å². The molecule has 1 heterocycles. The van der Waals surface area contributed by atoms with E-state index in [4.69, 9.17) is 11.5 Å². The molecule has 0 saturated carbocycles. The number of hydrogen-bond acceptors (Lipinski definition) is 3. The Morgan fingerprint density at radius 3 is 2.67 bits per heavy atom. The van der Waals surface area contributed by atoms with Gasteiger partial charge in [-0.2, -0.15) is 0 Å². The molecule has 1 aliphatic heterocycles. The number of nitrogens with zero attached hydrogens (tertiary/aromatic N) is 1. The number of anilines is 1. The Bertz CT molecular complexity index is 448. The van der Waals surface area contributed by atoms with Crippen molar-refractivity contribution in [1.29, 1.82) is 0 Å². The van der Waals surface area contributed by atoms with E-state index in [9.17, 15) is 4.79 Å². The van der Waals surface area contributed by atoms with Gasteiger partial charge in [-0.1, -0.05) is 6.92 Å². The second kappa shape index (κ2) is 4.98. The Morgan fingerprint density at radius 1 is 1.39 bits per heavy atom. The lowest BCUT2D eigenvalue weighted by molar-refractivity contribution is 0.0999. The molecular formula is C14H21N3O. The number of primary amides is 1. The molecule has 0 aromatic heterocycles. The first-order chi connectivity index (χ1) is 8.47. The summed E-state index contributed by atoms with van der Waals surface area (Å²) in [6.07, 6.45) is 1.08. The lowest BCUT2D eigenvalue weighted by Crippen LogP contribution is -2.46. The number of carbonyl (C=O) groups excluding carboxylic acids is 1. The van der Waals surface area contributed by atoms with Crippen molar-refractivity contribution < 1.29 is 4.79 Å². The molecule has 0 spiro atoms. The number of piperidine rings is 1. The second-order valence-corrected chi connectivity index (χ2v) is 5.37. The first kappa shape index (κ1) is 12.9. The minimum absolute atomic E-state index is 0.227. The van der Waals surface area contributed by atoms with Crippen LogP contribution in [0.5, 0.6) is 0 Å². The zero-order valence-electron chi connectivity index (χ0n) is 11.0. The van der Waals surface area contributed by atoms with Crippen LogP contribution in [0.1, 0.15) is 29.3 Å². The highest BCUT2D eigenvalue weighted by Gasteiger charge is 2.22. The quantitative estimate of drug-likeness (QED) is 0.826. The van der Waals surface area contributed by atoms with Crippen LogP contribution < -0.4 is 16.4 Å². The molecule has 2 rings (SSSR count). The lowest BCUT2D eigenvalue weighted by atomic mass is 9.95. The molecule has 98 valence electrons. The van der Waals surface area contributed by atoms with Gasteiger partial charge in [-0.25, -0.2) is 0 Å². The number of hydrogen-bond donors (Lipinski definition) is 2. The van der Waals surface area contributed by atoms with Gasteiger partial charge < -0.3 is 16.4 Å². The zero-order valence-corrected chi connectivity index (χ0v) is 11.0.